The van der Waals surface area contributed by atoms with E-state index in [0.29, 0.717) is 5.92 Å². The van der Waals surface area contributed by atoms with Crippen molar-refractivity contribution in [3.63, 3.8) is 0 Å². The first-order valence-corrected chi connectivity index (χ1v) is 6.33. The Hall–Kier alpha value is -1.63. The molecule has 0 amide bonds. The Morgan fingerprint density at radius 3 is 3.12 bits per heavy atom. The quantitative estimate of drug-likeness (QED) is 0.672. The summed E-state index contributed by atoms with van der Waals surface area (Å²) in [5, 5.41) is 0. The lowest BCUT2D eigenvalue weighted by molar-refractivity contribution is 0.839. The van der Waals surface area contributed by atoms with Gasteiger partial charge in [0, 0.05) is 12.1 Å². The summed E-state index contributed by atoms with van der Waals surface area (Å²) >= 11 is 0. The van der Waals surface area contributed by atoms with Gasteiger partial charge in [-0.3, -0.25) is 4.99 Å². The fourth-order valence-electron chi connectivity index (χ4n) is 2.62. The lowest BCUT2D eigenvalue weighted by Crippen LogP contribution is -2.01. The minimum Gasteiger partial charge on any atom is -0.261 e. The summed E-state index contributed by atoms with van der Waals surface area (Å²) in [6.45, 7) is 2.17. The SMILES string of the molecule is CC1=CC(c2ccc3c(c2)CCC=N3)CC=C1. The molecule has 0 N–H and O–H groups in total. The number of rotatable bonds is 1. The van der Waals surface area contributed by atoms with E-state index in [1.54, 1.807) is 0 Å². The van der Waals surface area contributed by atoms with Gasteiger partial charge in [0.05, 0.1) is 5.69 Å². The standard InChI is InChI=1S/C16H17N/c1-12-4-2-5-13(10-12)14-7-8-16-15(11-14)6-3-9-17-16/h2,4,7-11,13H,3,5-6H2,1H3. The molecule has 0 spiro atoms. The summed E-state index contributed by atoms with van der Waals surface area (Å²) in [6, 6.07) is 6.75. The number of nitrogens with zero attached hydrogens (tertiary/aromatic N) is 1. The number of hydrogen-bond acceptors (Lipinski definition) is 1. The van der Waals surface area contributed by atoms with Crippen LogP contribution in [0.25, 0.3) is 0 Å². The largest absolute Gasteiger partial charge is 0.261 e. The molecule has 0 saturated carbocycles. The molecule has 0 bridgehead atoms. The molecule has 0 aromatic heterocycles. The van der Waals surface area contributed by atoms with E-state index < -0.39 is 0 Å². The predicted molar refractivity (Wildman–Crippen MR) is 73.2 cm³/mol. The number of hydrogen-bond donors (Lipinski definition) is 0. The van der Waals surface area contributed by atoms with Crippen LogP contribution in [0.2, 0.25) is 0 Å². The molecule has 1 heterocycles. The van der Waals surface area contributed by atoms with Gasteiger partial charge < -0.3 is 0 Å². The summed E-state index contributed by atoms with van der Waals surface area (Å²) in [4.78, 5) is 4.44. The van der Waals surface area contributed by atoms with Crippen molar-refractivity contribution in [2.75, 3.05) is 0 Å². The molecule has 1 aromatic rings. The van der Waals surface area contributed by atoms with Crippen molar-refractivity contribution in [2.24, 2.45) is 4.99 Å². The minimum atomic E-state index is 0.552. The van der Waals surface area contributed by atoms with Gasteiger partial charge in [0.25, 0.3) is 0 Å². The third-order valence-corrected chi connectivity index (χ3v) is 3.54. The van der Waals surface area contributed by atoms with Gasteiger partial charge in [-0.05, 0) is 43.4 Å². The van der Waals surface area contributed by atoms with Crippen LogP contribution in [0.5, 0.6) is 0 Å². The van der Waals surface area contributed by atoms with Crippen molar-refractivity contribution >= 4 is 11.9 Å². The molecule has 1 unspecified atom stereocenters. The maximum atomic E-state index is 4.44. The summed E-state index contributed by atoms with van der Waals surface area (Å²) in [6.07, 6.45) is 12.2. The Balaban J connectivity index is 1.94. The molecular formula is C16H17N. The number of aliphatic imine (C=N–C) groups is 1. The molecule has 1 nitrogen and oxygen atoms in total. The maximum Gasteiger partial charge on any atom is 0.0657 e. The predicted octanol–water partition coefficient (Wildman–Crippen LogP) is 4.32. The van der Waals surface area contributed by atoms with E-state index in [2.05, 4.69) is 48.3 Å². The van der Waals surface area contributed by atoms with E-state index in [1.807, 2.05) is 6.21 Å². The van der Waals surface area contributed by atoms with Crippen LogP contribution >= 0.6 is 0 Å². The first-order valence-electron chi connectivity index (χ1n) is 6.33. The van der Waals surface area contributed by atoms with Crippen molar-refractivity contribution in [1.82, 2.24) is 0 Å². The summed E-state index contributed by atoms with van der Waals surface area (Å²) in [5.74, 6) is 0.552. The Morgan fingerprint density at radius 2 is 2.24 bits per heavy atom. The lowest BCUT2D eigenvalue weighted by Gasteiger charge is -2.18. The number of benzene rings is 1. The first-order chi connectivity index (χ1) is 8.33. The van der Waals surface area contributed by atoms with Gasteiger partial charge in [0.2, 0.25) is 0 Å². The highest BCUT2D eigenvalue weighted by Gasteiger charge is 2.13. The van der Waals surface area contributed by atoms with E-state index in [9.17, 15) is 0 Å². The zero-order valence-corrected chi connectivity index (χ0v) is 10.2. The Kier molecular flexibility index (Phi) is 2.68. The average Bonchev–Trinajstić information content (AvgIpc) is 2.38. The van der Waals surface area contributed by atoms with Crippen LogP contribution in [0.1, 0.15) is 36.8 Å². The normalized spacial score (nSPS) is 22.2. The van der Waals surface area contributed by atoms with Crippen LogP contribution in [0.4, 0.5) is 5.69 Å². The van der Waals surface area contributed by atoms with Gasteiger partial charge >= 0.3 is 0 Å². The van der Waals surface area contributed by atoms with Crippen LogP contribution in [-0.2, 0) is 6.42 Å². The van der Waals surface area contributed by atoms with E-state index in [1.165, 1.54) is 16.7 Å². The molecule has 1 heteroatoms. The lowest BCUT2D eigenvalue weighted by atomic mass is 9.88. The molecule has 0 saturated heterocycles. The summed E-state index contributed by atoms with van der Waals surface area (Å²) in [7, 11) is 0. The van der Waals surface area contributed by atoms with Crippen LogP contribution < -0.4 is 0 Å². The van der Waals surface area contributed by atoms with Crippen LogP contribution in [0, 0.1) is 0 Å². The highest BCUT2D eigenvalue weighted by atomic mass is 14.7. The average molecular weight is 223 g/mol. The van der Waals surface area contributed by atoms with Crippen molar-refractivity contribution in [1.29, 1.82) is 0 Å². The van der Waals surface area contributed by atoms with Crippen molar-refractivity contribution in [3.05, 3.63) is 53.1 Å². The van der Waals surface area contributed by atoms with Crippen molar-refractivity contribution in [3.8, 4) is 0 Å². The monoisotopic (exact) mass is 223 g/mol. The maximum absolute atomic E-state index is 4.44. The first kappa shape index (κ1) is 10.5. The van der Waals surface area contributed by atoms with E-state index >= 15 is 0 Å². The third kappa shape index (κ3) is 2.10. The van der Waals surface area contributed by atoms with Crippen molar-refractivity contribution in [2.45, 2.75) is 32.1 Å². The molecule has 0 fully saturated rings. The zero-order chi connectivity index (χ0) is 11.7. The van der Waals surface area contributed by atoms with E-state index in [4.69, 9.17) is 0 Å². The molecule has 0 radical (unpaired) electrons. The van der Waals surface area contributed by atoms with Gasteiger partial charge in [0.15, 0.2) is 0 Å². The van der Waals surface area contributed by atoms with Crippen LogP contribution in [-0.4, -0.2) is 6.21 Å². The van der Waals surface area contributed by atoms with Gasteiger partial charge in [0.1, 0.15) is 0 Å². The van der Waals surface area contributed by atoms with Gasteiger partial charge in [-0.25, -0.2) is 0 Å². The second-order valence-electron chi connectivity index (χ2n) is 4.89. The molecule has 86 valence electrons. The molecule has 3 rings (SSSR count). The summed E-state index contributed by atoms with van der Waals surface area (Å²) in [5.41, 5.74) is 5.37. The summed E-state index contributed by atoms with van der Waals surface area (Å²) < 4.78 is 0. The Morgan fingerprint density at radius 1 is 1.29 bits per heavy atom. The Labute approximate surface area is 103 Å². The fourth-order valence-corrected chi connectivity index (χ4v) is 2.62. The molecule has 1 aliphatic carbocycles. The van der Waals surface area contributed by atoms with E-state index in [0.717, 1.165) is 24.9 Å². The highest BCUT2D eigenvalue weighted by molar-refractivity contribution is 5.69. The molecular weight excluding hydrogens is 206 g/mol. The second-order valence-corrected chi connectivity index (χ2v) is 4.89. The minimum absolute atomic E-state index is 0.552. The van der Waals surface area contributed by atoms with Crippen molar-refractivity contribution < 1.29 is 0 Å². The highest BCUT2D eigenvalue weighted by Crippen LogP contribution is 2.32. The Bertz CT molecular complexity index is 520. The van der Waals surface area contributed by atoms with Crippen LogP contribution in [0.15, 0.2) is 47.0 Å². The molecule has 1 atom stereocenters. The van der Waals surface area contributed by atoms with Crippen LogP contribution in [0.3, 0.4) is 0 Å². The fraction of sp³-hybridized carbons (Fsp3) is 0.312. The smallest absolute Gasteiger partial charge is 0.0657 e. The zero-order valence-electron chi connectivity index (χ0n) is 10.2. The van der Waals surface area contributed by atoms with Gasteiger partial charge in [-0.2, -0.15) is 0 Å². The second kappa shape index (κ2) is 4.33. The number of allylic oxidation sites excluding steroid dienone is 4. The molecule has 1 aromatic carbocycles. The number of aryl methyl sites for hydroxylation is 1. The molecule has 1 aliphatic heterocycles. The molecule has 2 aliphatic rings. The topological polar surface area (TPSA) is 12.4 Å². The van der Waals surface area contributed by atoms with Gasteiger partial charge in [-0.1, -0.05) is 35.9 Å². The van der Waals surface area contributed by atoms with E-state index in [-0.39, 0.29) is 0 Å². The molecule has 17 heavy (non-hydrogen) atoms. The number of fused-ring (bicyclic) bond motifs is 1. The third-order valence-electron chi connectivity index (χ3n) is 3.54. The van der Waals surface area contributed by atoms with Gasteiger partial charge in [-0.15, -0.1) is 0 Å².